The quantitative estimate of drug-likeness (QED) is 0.0980. The van der Waals surface area contributed by atoms with Crippen LogP contribution in [0.3, 0.4) is 0 Å². The number of hydrogen-bond acceptors (Lipinski definition) is 3. The first-order valence-corrected chi connectivity index (χ1v) is 18.9. The third-order valence-electron chi connectivity index (χ3n) is 11.0. The maximum Gasteiger partial charge on any atom is 0.155 e. The van der Waals surface area contributed by atoms with Gasteiger partial charge in [-0.15, -0.1) is 0 Å². The predicted octanol–water partition coefficient (Wildman–Crippen LogP) is 13.0. The molecule has 55 heavy (non-hydrogen) atoms. The molecule has 0 aliphatic carbocycles. The van der Waals surface area contributed by atoms with Gasteiger partial charge < -0.3 is 4.74 Å². The van der Waals surface area contributed by atoms with Gasteiger partial charge in [-0.1, -0.05) is 148 Å². The van der Waals surface area contributed by atoms with E-state index in [1.165, 1.54) is 37.9 Å². The minimum atomic E-state index is -0.421. The Balaban J connectivity index is 1.11. The van der Waals surface area contributed by atoms with Gasteiger partial charge >= 0.3 is 0 Å². The van der Waals surface area contributed by atoms with Crippen molar-refractivity contribution in [1.82, 2.24) is 0 Å². The summed E-state index contributed by atoms with van der Waals surface area (Å²) in [6.07, 6.45) is 0.753. The fraction of sp³-hybridized carbons (Fsp3) is 0.118. The maximum absolute atomic E-state index is 9.91. The van der Waals surface area contributed by atoms with Gasteiger partial charge in [0, 0.05) is 27.8 Å². The number of nitrogens with zero attached hydrogens (tertiary/aromatic N) is 3. The highest BCUT2D eigenvalue weighted by Crippen LogP contribution is 2.49. The van der Waals surface area contributed by atoms with Gasteiger partial charge in [0.05, 0.1) is 18.2 Å². The van der Waals surface area contributed by atoms with Crippen LogP contribution in [0.2, 0.25) is 0 Å². The van der Waals surface area contributed by atoms with E-state index in [1.54, 1.807) is 0 Å². The number of hydrogen-bond donors (Lipinski definition) is 0. The first-order valence-electron chi connectivity index (χ1n) is 18.9. The second-order valence-electron chi connectivity index (χ2n) is 14.7. The first-order chi connectivity index (χ1) is 26.9. The predicted molar refractivity (Wildman–Crippen MR) is 228 cm³/mol. The van der Waals surface area contributed by atoms with Crippen LogP contribution >= 0.6 is 0 Å². The Labute approximate surface area is 321 Å². The van der Waals surface area contributed by atoms with E-state index in [0.717, 1.165) is 51.3 Å². The van der Waals surface area contributed by atoms with Crippen molar-refractivity contribution in [1.29, 1.82) is 5.26 Å². The van der Waals surface area contributed by atoms with Crippen molar-refractivity contribution in [3.05, 3.63) is 191 Å². The molecule has 0 aromatic heterocycles. The molecule has 0 saturated heterocycles. The van der Waals surface area contributed by atoms with Gasteiger partial charge in [0.1, 0.15) is 11.5 Å². The lowest BCUT2D eigenvalue weighted by Gasteiger charge is -2.35. The molecule has 0 spiro atoms. The molecule has 1 aliphatic rings. The van der Waals surface area contributed by atoms with Crippen molar-refractivity contribution in [3.63, 3.8) is 0 Å². The molecule has 0 unspecified atom stereocenters. The van der Waals surface area contributed by atoms with Crippen LogP contribution in [-0.4, -0.2) is 11.5 Å². The van der Waals surface area contributed by atoms with Crippen LogP contribution in [0.15, 0.2) is 168 Å². The molecule has 1 heterocycles. The van der Waals surface area contributed by atoms with Crippen LogP contribution in [0, 0.1) is 11.3 Å². The molecular formula is C51H39N3O. The SMILES string of the molecule is CCC(=NC(=NCc1cccc(-c2ccc3c4ccccc4c4ccccc4c3c2)c1)c1ccc2c(c1)Oc1cccc(C#N)c1C2(C)C)c1ccccc1. The summed E-state index contributed by atoms with van der Waals surface area (Å²) >= 11 is 0. The van der Waals surface area contributed by atoms with E-state index in [4.69, 9.17) is 14.7 Å². The fourth-order valence-electron chi connectivity index (χ4n) is 8.27. The van der Waals surface area contributed by atoms with E-state index in [2.05, 4.69) is 148 Å². The zero-order valence-electron chi connectivity index (χ0n) is 31.2. The minimum Gasteiger partial charge on any atom is -0.457 e. The summed E-state index contributed by atoms with van der Waals surface area (Å²) in [4.78, 5) is 10.5. The lowest BCUT2D eigenvalue weighted by molar-refractivity contribution is 0.417. The average Bonchev–Trinajstić information content (AvgIpc) is 3.23. The summed E-state index contributed by atoms with van der Waals surface area (Å²) in [6, 6.07) is 57.5. The van der Waals surface area contributed by atoms with Gasteiger partial charge in [0.25, 0.3) is 0 Å². The Morgan fingerprint density at radius 1 is 0.600 bits per heavy atom. The highest BCUT2D eigenvalue weighted by Gasteiger charge is 2.36. The van der Waals surface area contributed by atoms with Crippen molar-refractivity contribution in [2.75, 3.05) is 0 Å². The van der Waals surface area contributed by atoms with Crippen molar-refractivity contribution >= 4 is 43.9 Å². The molecule has 1 aliphatic heterocycles. The molecule has 8 aromatic carbocycles. The van der Waals surface area contributed by atoms with E-state index in [1.807, 2.05) is 36.4 Å². The Morgan fingerprint density at radius 3 is 1.96 bits per heavy atom. The average molecular weight is 710 g/mol. The molecule has 0 fully saturated rings. The van der Waals surface area contributed by atoms with E-state index in [9.17, 15) is 5.26 Å². The van der Waals surface area contributed by atoms with Gasteiger partial charge in [-0.2, -0.15) is 5.26 Å². The molecule has 264 valence electrons. The van der Waals surface area contributed by atoms with Crippen LogP contribution in [-0.2, 0) is 12.0 Å². The van der Waals surface area contributed by atoms with Gasteiger partial charge in [0.2, 0.25) is 0 Å². The van der Waals surface area contributed by atoms with E-state index in [0.29, 0.717) is 23.7 Å². The highest BCUT2D eigenvalue weighted by molar-refractivity contribution is 6.25. The molecule has 0 saturated carbocycles. The molecule has 0 radical (unpaired) electrons. The van der Waals surface area contributed by atoms with Crippen molar-refractivity contribution in [2.24, 2.45) is 9.98 Å². The molecule has 0 amide bonds. The number of ether oxygens (including phenoxy) is 1. The van der Waals surface area contributed by atoms with Crippen molar-refractivity contribution in [2.45, 2.75) is 39.2 Å². The molecule has 9 rings (SSSR count). The number of aliphatic imine (C=N–C) groups is 2. The third-order valence-corrected chi connectivity index (χ3v) is 11.0. The van der Waals surface area contributed by atoms with Gasteiger partial charge in [-0.3, -0.25) is 4.99 Å². The van der Waals surface area contributed by atoms with Crippen LogP contribution in [0.5, 0.6) is 11.5 Å². The number of rotatable bonds is 6. The van der Waals surface area contributed by atoms with E-state index in [-0.39, 0.29) is 0 Å². The second-order valence-corrected chi connectivity index (χ2v) is 14.7. The van der Waals surface area contributed by atoms with Crippen LogP contribution in [0.25, 0.3) is 43.4 Å². The largest absolute Gasteiger partial charge is 0.457 e. The van der Waals surface area contributed by atoms with Crippen molar-refractivity contribution < 1.29 is 4.74 Å². The zero-order chi connectivity index (χ0) is 37.5. The first kappa shape index (κ1) is 34.0. The van der Waals surface area contributed by atoms with Gasteiger partial charge in [0.15, 0.2) is 5.84 Å². The summed E-state index contributed by atoms with van der Waals surface area (Å²) in [7, 11) is 0. The number of nitriles is 1. The lowest BCUT2D eigenvalue weighted by Crippen LogP contribution is -2.26. The lowest BCUT2D eigenvalue weighted by atomic mass is 9.73. The third kappa shape index (κ3) is 6.05. The van der Waals surface area contributed by atoms with Gasteiger partial charge in [-0.25, -0.2) is 4.99 Å². The Morgan fingerprint density at radius 2 is 1.25 bits per heavy atom. The number of benzene rings is 8. The molecular weight excluding hydrogens is 671 g/mol. The highest BCUT2D eigenvalue weighted by atomic mass is 16.5. The summed E-state index contributed by atoms with van der Waals surface area (Å²) in [6.45, 7) is 6.89. The maximum atomic E-state index is 9.91. The molecule has 0 atom stereocenters. The van der Waals surface area contributed by atoms with Gasteiger partial charge in [-0.05, 0) is 91.3 Å². The molecule has 4 nitrogen and oxygen atoms in total. The zero-order valence-corrected chi connectivity index (χ0v) is 31.2. The summed E-state index contributed by atoms with van der Waals surface area (Å²) < 4.78 is 6.52. The van der Waals surface area contributed by atoms with Crippen molar-refractivity contribution in [3.8, 4) is 28.7 Å². The fourth-order valence-corrected chi connectivity index (χ4v) is 8.27. The summed E-state index contributed by atoms with van der Waals surface area (Å²) in [5.74, 6) is 2.11. The summed E-state index contributed by atoms with van der Waals surface area (Å²) in [5, 5.41) is 17.5. The van der Waals surface area contributed by atoms with Crippen LogP contribution < -0.4 is 4.74 Å². The molecule has 0 N–H and O–H groups in total. The summed E-state index contributed by atoms with van der Waals surface area (Å²) in [5.41, 5.74) is 8.48. The Kier molecular flexibility index (Phi) is 8.56. The smallest absolute Gasteiger partial charge is 0.155 e. The number of fused-ring (bicyclic) bond motifs is 8. The molecule has 0 bridgehead atoms. The molecule has 4 heteroatoms. The standard InChI is InChI=1S/C51H39N3O/c1-4-46(34-15-6-5-7-16-34)54-50(37-25-27-45-48(30-37)55-47-23-13-18-38(31-52)49(47)51(45,2)3)53-32-33-14-12-17-35(28-33)36-24-26-43-41-21-9-8-19-39(41)40-20-10-11-22-42(40)44(43)29-36/h5-30H,4,32H2,1-3H3. The second kappa shape index (κ2) is 13.9. The van der Waals surface area contributed by atoms with Crippen LogP contribution in [0.1, 0.15) is 60.6 Å². The Bertz CT molecular complexity index is 2860. The van der Waals surface area contributed by atoms with E-state index >= 15 is 0 Å². The normalized spacial score (nSPS) is 13.6. The molecule has 8 aromatic rings. The van der Waals surface area contributed by atoms with Crippen LogP contribution in [0.4, 0.5) is 0 Å². The Hall–Kier alpha value is -6.83. The topological polar surface area (TPSA) is 57.7 Å². The van der Waals surface area contributed by atoms with E-state index < -0.39 is 5.41 Å². The minimum absolute atomic E-state index is 0.421. The monoisotopic (exact) mass is 709 g/mol. The number of amidine groups is 1.